The average Bonchev–Trinajstić information content (AvgIpc) is 2.78. The number of benzene rings is 3. The molecule has 6 heteroatoms. The van der Waals surface area contributed by atoms with Crippen LogP contribution in [0.1, 0.15) is 23.1 Å². The van der Waals surface area contributed by atoms with Crippen LogP contribution < -0.4 is 10.0 Å². The first-order chi connectivity index (χ1) is 14.5. The molecular formula is C24H26N2O3S. The largest absolute Gasteiger partial charge is 0.352 e. The normalized spacial score (nSPS) is 11.2. The van der Waals surface area contributed by atoms with Crippen LogP contribution >= 0.6 is 0 Å². The van der Waals surface area contributed by atoms with Gasteiger partial charge in [-0.1, -0.05) is 72.8 Å². The number of carbonyl (C=O) groups excluding carboxylic acids is 1. The molecule has 3 aromatic carbocycles. The van der Waals surface area contributed by atoms with Crippen LogP contribution in [0.25, 0.3) is 0 Å². The van der Waals surface area contributed by atoms with Gasteiger partial charge in [-0.25, -0.2) is 13.1 Å². The average molecular weight is 423 g/mol. The minimum absolute atomic E-state index is 0.0295. The molecule has 0 spiro atoms. The highest BCUT2D eigenvalue weighted by Gasteiger charge is 2.13. The number of carbonyl (C=O) groups is 1. The minimum Gasteiger partial charge on any atom is -0.352 e. The molecule has 0 aromatic heterocycles. The van der Waals surface area contributed by atoms with Crippen LogP contribution in [0.5, 0.6) is 0 Å². The Kier molecular flexibility index (Phi) is 7.76. The van der Waals surface area contributed by atoms with Crippen molar-refractivity contribution >= 4 is 15.9 Å². The monoisotopic (exact) mass is 422 g/mol. The van der Waals surface area contributed by atoms with E-state index in [2.05, 4.69) is 10.0 Å². The molecule has 2 N–H and O–H groups in total. The third-order valence-electron chi connectivity index (χ3n) is 4.76. The summed E-state index contributed by atoms with van der Waals surface area (Å²) in [6, 6.07) is 26.2. The third-order valence-corrected chi connectivity index (χ3v) is 6.23. The van der Waals surface area contributed by atoms with Gasteiger partial charge in [0, 0.05) is 19.5 Å². The highest BCUT2D eigenvalue weighted by Crippen LogP contribution is 2.12. The second-order valence-electron chi connectivity index (χ2n) is 7.04. The maximum atomic E-state index is 12.4. The van der Waals surface area contributed by atoms with Gasteiger partial charge < -0.3 is 5.32 Å². The minimum atomic E-state index is -3.55. The van der Waals surface area contributed by atoms with E-state index in [4.69, 9.17) is 0 Å². The second-order valence-corrected chi connectivity index (χ2v) is 8.81. The SMILES string of the molecule is O=C(CCc1ccc(S(=O)(=O)NCCc2ccccc2)cc1)NCc1ccccc1. The molecule has 0 heterocycles. The zero-order chi connectivity index (χ0) is 21.2. The van der Waals surface area contributed by atoms with Crippen molar-refractivity contribution in [2.24, 2.45) is 0 Å². The van der Waals surface area contributed by atoms with Crippen molar-refractivity contribution in [3.8, 4) is 0 Å². The summed E-state index contributed by atoms with van der Waals surface area (Å²) < 4.78 is 27.5. The maximum Gasteiger partial charge on any atom is 0.240 e. The number of hydrogen-bond donors (Lipinski definition) is 2. The zero-order valence-electron chi connectivity index (χ0n) is 16.8. The Morgan fingerprint density at radius 3 is 1.90 bits per heavy atom. The van der Waals surface area contributed by atoms with Gasteiger partial charge in [0.2, 0.25) is 15.9 Å². The number of hydrogen-bond acceptors (Lipinski definition) is 3. The van der Waals surface area contributed by atoms with Crippen molar-refractivity contribution < 1.29 is 13.2 Å². The van der Waals surface area contributed by atoms with Crippen molar-refractivity contribution in [1.82, 2.24) is 10.0 Å². The van der Waals surface area contributed by atoms with E-state index >= 15 is 0 Å². The molecule has 0 fully saturated rings. The quantitative estimate of drug-likeness (QED) is 0.525. The summed E-state index contributed by atoms with van der Waals surface area (Å²) >= 11 is 0. The van der Waals surface area contributed by atoms with Crippen LogP contribution in [0, 0.1) is 0 Å². The summed E-state index contributed by atoms with van der Waals surface area (Å²) in [6.45, 7) is 0.848. The van der Waals surface area contributed by atoms with Gasteiger partial charge in [-0.2, -0.15) is 0 Å². The molecule has 156 valence electrons. The number of aryl methyl sites for hydroxylation is 1. The lowest BCUT2D eigenvalue weighted by molar-refractivity contribution is -0.121. The Balaban J connectivity index is 1.44. The molecule has 1 amide bonds. The summed E-state index contributed by atoms with van der Waals surface area (Å²) in [5, 5.41) is 2.90. The molecule has 30 heavy (non-hydrogen) atoms. The number of amides is 1. The van der Waals surface area contributed by atoms with Gasteiger partial charge in [-0.3, -0.25) is 4.79 Å². The fourth-order valence-corrected chi connectivity index (χ4v) is 4.07. The Hall–Kier alpha value is -2.96. The third kappa shape index (κ3) is 6.83. The van der Waals surface area contributed by atoms with E-state index in [1.807, 2.05) is 60.7 Å². The van der Waals surface area contributed by atoms with Crippen molar-refractivity contribution in [2.45, 2.75) is 30.7 Å². The molecule has 0 unspecified atom stereocenters. The molecule has 0 radical (unpaired) electrons. The molecule has 0 aliphatic heterocycles. The predicted octanol–water partition coefficient (Wildman–Crippen LogP) is 3.46. The lowest BCUT2D eigenvalue weighted by Crippen LogP contribution is -2.26. The Bertz CT molecular complexity index is 1030. The molecule has 0 saturated carbocycles. The van der Waals surface area contributed by atoms with Gasteiger partial charge in [0.25, 0.3) is 0 Å². The molecule has 3 rings (SSSR count). The topological polar surface area (TPSA) is 75.3 Å². The number of nitrogens with one attached hydrogen (secondary N) is 2. The molecule has 0 aliphatic carbocycles. The standard InChI is InChI=1S/C24H26N2O3S/c27-24(25-19-22-9-5-2-6-10-22)16-13-21-11-14-23(15-12-21)30(28,29)26-18-17-20-7-3-1-4-8-20/h1-12,14-15,26H,13,16-19H2,(H,25,27). The van der Waals surface area contributed by atoms with Crippen molar-refractivity contribution in [3.63, 3.8) is 0 Å². The van der Waals surface area contributed by atoms with Crippen molar-refractivity contribution in [3.05, 3.63) is 102 Å². The second kappa shape index (κ2) is 10.7. The van der Waals surface area contributed by atoms with Crippen LogP contribution in [-0.4, -0.2) is 20.9 Å². The Labute approximate surface area is 178 Å². The van der Waals surface area contributed by atoms with Crippen molar-refractivity contribution in [2.75, 3.05) is 6.54 Å². The lowest BCUT2D eigenvalue weighted by Gasteiger charge is -2.08. The van der Waals surface area contributed by atoms with Gasteiger partial charge in [0.1, 0.15) is 0 Å². The molecule has 5 nitrogen and oxygen atoms in total. The van der Waals surface area contributed by atoms with Gasteiger partial charge >= 0.3 is 0 Å². The predicted molar refractivity (Wildman–Crippen MR) is 118 cm³/mol. The lowest BCUT2D eigenvalue weighted by atomic mass is 10.1. The van der Waals surface area contributed by atoms with Crippen LogP contribution in [-0.2, 0) is 34.2 Å². The molecule has 0 aliphatic rings. The van der Waals surface area contributed by atoms with Crippen molar-refractivity contribution in [1.29, 1.82) is 0 Å². The van der Waals surface area contributed by atoms with Crippen LogP contribution in [0.4, 0.5) is 0 Å². The fourth-order valence-electron chi connectivity index (χ4n) is 3.04. The molecular weight excluding hydrogens is 396 g/mol. The van der Waals surface area contributed by atoms with Gasteiger partial charge in [-0.05, 0) is 41.7 Å². The van der Waals surface area contributed by atoms with E-state index < -0.39 is 10.0 Å². The van der Waals surface area contributed by atoms with E-state index in [-0.39, 0.29) is 10.8 Å². The summed E-state index contributed by atoms with van der Waals surface area (Å²) in [4.78, 5) is 12.3. The Morgan fingerprint density at radius 1 is 0.700 bits per heavy atom. The van der Waals surface area contributed by atoms with Gasteiger partial charge in [-0.15, -0.1) is 0 Å². The molecule has 0 saturated heterocycles. The first kappa shape index (κ1) is 21.7. The van der Waals surface area contributed by atoms with E-state index in [9.17, 15) is 13.2 Å². The first-order valence-electron chi connectivity index (χ1n) is 9.96. The van der Waals surface area contributed by atoms with E-state index in [0.717, 1.165) is 16.7 Å². The molecule has 0 atom stereocenters. The number of sulfonamides is 1. The smallest absolute Gasteiger partial charge is 0.240 e. The first-order valence-corrected chi connectivity index (χ1v) is 11.4. The van der Waals surface area contributed by atoms with Crippen LogP contribution in [0.3, 0.4) is 0 Å². The number of rotatable bonds is 10. The fraction of sp³-hybridized carbons (Fsp3) is 0.208. The van der Waals surface area contributed by atoms with Crippen LogP contribution in [0.15, 0.2) is 89.8 Å². The van der Waals surface area contributed by atoms with E-state index in [0.29, 0.717) is 32.4 Å². The Morgan fingerprint density at radius 2 is 1.27 bits per heavy atom. The van der Waals surface area contributed by atoms with E-state index in [1.54, 1.807) is 24.3 Å². The summed E-state index contributed by atoms with van der Waals surface area (Å²) in [6.07, 6.45) is 1.55. The highest BCUT2D eigenvalue weighted by atomic mass is 32.2. The zero-order valence-corrected chi connectivity index (χ0v) is 17.6. The highest BCUT2D eigenvalue weighted by molar-refractivity contribution is 7.89. The summed E-state index contributed by atoms with van der Waals surface area (Å²) in [5.74, 6) is -0.0295. The van der Waals surface area contributed by atoms with Crippen LogP contribution in [0.2, 0.25) is 0 Å². The molecule has 3 aromatic rings. The maximum absolute atomic E-state index is 12.4. The van der Waals surface area contributed by atoms with Gasteiger partial charge in [0.15, 0.2) is 0 Å². The molecule has 0 bridgehead atoms. The van der Waals surface area contributed by atoms with E-state index in [1.165, 1.54) is 0 Å². The van der Waals surface area contributed by atoms with Gasteiger partial charge in [0.05, 0.1) is 4.90 Å². The summed E-state index contributed by atoms with van der Waals surface area (Å²) in [7, 11) is -3.55. The summed E-state index contributed by atoms with van der Waals surface area (Å²) in [5.41, 5.74) is 3.06.